The maximum atomic E-state index is 12.0. The Morgan fingerprint density at radius 1 is 1.59 bits per heavy atom. The van der Waals surface area contributed by atoms with Crippen molar-refractivity contribution < 1.29 is 9.90 Å². The molecule has 0 spiro atoms. The van der Waals surface area contributed by atoms with Gasteiger partial charge in [0.15, 0.2) is 11.6 Å². The van der Waals surface area contributed by atoms with Gasteiger partial charge >= 0.3 is 0 Å². The molecule has 1 rings (SSSR count). The number of hydrogen-bond acceptors (Lipinski definition) is 4. The van der Waals surface area contributed by atoms with Crippen molar-refractivity contribution in [3.8, 4) is 5.75 Å². The first-order chi connectivity index (χ1) is 7.92. The number of rotatable bonds is 4. The summed E-state index contributed by atoms with van der Waals surface area (Å²) in [7, 11) is 0. The van der Waals surface area contributed by atoms with Gasteiger partial charge in [-0.3, -0.25) is 4.79 Å². The molecule has 1 aromatic heterocycles. The van der Waals surface area contributed by atoms with Gasteiger partial charge in [-0.05, 0) is 32.4 Å². The molecule has 94 valence electrons. The van der Waals surface area contributed by atoms with Gasteiger partial charge < -0.3 is 16.2 Å². The Labute approximate surface area is 101 Å². The average molecular weight is 237 g/mol. The third kappa shape index (κ3) is 2.94. The monoisotopic (exact) mass is 237 g/mol. The minimum Gasteiger partial charge on any atom is -0.504 e. The van der Waals surface area contributed by atoms with Crippen molar-refractivity contribution in [2.75, 3.05) is 11.9 Å². The Morgan fingerprint density at radius 2 is 2.24 bits per heavy atom. The van der Waals surface area contributed by atoms with E-state index in [0.717, 1.165) is 5.69 Å². The van der Waals surface area contributed by atoms with E-state index in [9.17, 15) is 9.90 Å². The van der Waals surface area contributed by atoms with Crippen LogP contribution in [0.4, 0.5) is 5.82 Å². The molecule has 1 unspecified atom stereocenters. The minimum atomic E-state index is -0.641. The summed E-state index contributed by atoms with van der Waals surface area (Å²) in [4.78, 5) is 16.1. The smallest absolute Gasteiger partial charge is 0.232 e. The van der Waals surface area contributed by atoms with Crippen LogP contribution in [-0.4, -0.2) is 22.5 Å². The van der Waals surface area contributed by atoms with Gasteiger partial charge in [-0.15, -0.1) is 0 Å². The second-order valence-corrected chi connectivity index (χ2v) is 4.39. The lowest BCUT2D eigenvalue weighted by Gasteiger charge is -2.24. The fourth-order valence-corrected chi connectivity index (χ4v) is 1.30. The topological polar surface area (TPSA) is 88.2 Å². The van der Waals surface area contributed by atoms with Crippen molar-refractivity contribution in [3.63, 3.8) is 0 Å². The molecule has 0 aliphatic rings. The molecular formula is C12H19N3O2. The molecule has 1 atom stereocenters. The molecule has 0 aliphatic heterocycles. The highest BCUT2D eigenvalue weighted by molar-refractivity contribution is 5.95. The first kappa shape index (κ1) is 13.4. The van der Waals surface area contributed by atoms with E-state index < -0.39 is 5.41 Å². The Morgan fingerprint density at radius 3 is 2.76 bits per heavy atom. The first-order valence-electron chi connectivity index (χ1n) is 5.61. The molecule has 0 fully saturated rings. The number of nitrogens with zero attached hydrogens (tertiary/aromatic N) is 1. The highest BCUT2D eigenvalue weighted by Gasteiger charge is 2.30. The molecule has 17 heavy (non-hydrogen) atoms. The van der Waals surface area contributed by atoms with Crippen LogP contribution in [0.1, 0.15) is 26.0 Å². The van der Waals surface area contributed by atoms with Crippen LogP contribution in [0.5, 0.6) is 5.75 Å². The number of carbonyl (C=O) groups excluding carboxylic acids is 1. The molecule has 5 nitrogen and oxygen atoms in total. The molecule has 0 aliphatic carbocycles. The Hall–Kier alpha value is -1.62. The van der Waals surface area contributed by atoms with Gasteiger partial charge in [0.25, 0.3) is 0 Å². The summed E-state index contributed by atoms with van der Waals surface area (Å²) in [5.41, 5.74) is 5.68. The van der Waals surface area contributed by atoms with Crippen molar-refractivity contribution in [1.29, 1.82) is 0 Å². The van der Waals surface area contributed by atoms with Crippen molar-refractivity contribution in [3.05, 3.63) is 17.8 Å². The van der Waals surface area contributed by atoms with E-state index >= 15 is 0 Å². The standard InChI is InChI=1S/C12H19N3O2/c1-4-12(3,7-13)11(17)15-10-9(16)6-5-8(2)14-10/h5-6,16H,4,7,13H2,1-3H3,(H,14,15,17). The fourth-order valence-electron chi connectivity index (χ4n) is 1.30. The molecule has 0 saturated carbocycles. The molecule has 1 heterocycles. The molecule has 1 aromatic rings. The summed E-state index contributed by atoms with van der Waals surface area (Å²) < 4.78 is 0. The number of amides is 1. The van der Waals surface area contributed by atoms with Crippen molar-refractivity contribution in [1.82, 2.24) is 4.98 Å². The summed E-state index contributed by atoms with van der Waals surface area (Å²) in [6.45, 7) is 5.73. The second-order valence-electron chi connectivity index (χ2n) is 4.39. The Kier molecular flexibility index (Phi) is 4.07. The number of nitrogens with one attached hydrogen (secondary N) is 1. The second kappa shape index (κ2) is 5.14. The fraction of sp³-hybridized carbons (Fsp3) is 0.500. The maximum Gasteiger partial charge on any atom is 0.232 e. The van der Waals surface area contributed by atoms with Crippen LogP contribution in [-0.2, 0) is 4.79 Å². The lowest BCUT2D eigenvalue weighted by atomic mass is 9.87. The van der Waals surface area contributed by atoms with Crippen molar-refractivity contribution in [2.24, 2.45) is 11.1 Å². The SMILES string of the molecule is CCC(C)(CN)C(=O)Nc1nc(C)ccc1O. The zero-order chi connectivity index (χ0) is 13.1. The minimum absolute atomic E-state index is 0.0422. The number of nitrogens with two attached hydrogens (primary N) is 1. The van der Waals surface area contributed by atoms with Gasteiger partial charge in [0.2, 0.25) is 5.91 Å². The zero-order valence-corrected chi connectivity index (χ0v) is 10.4. The van der Waals surface area contributed by atoms with Crippen molar-refractivity contribution >= 4 is 11.7 Å². The van der Waals surface area contributed by atoms with Crippen LogP contribution < -0.4 is 11.1 Å². The van der Waals surface area contributed by atoms with Gasteiger partial charge in [0.05, 0.1) is 5.41 Å². The van der Waals surface area contributed by atoms with E-state index in [2.05, 4.69) is 10.3 Å². The number of carbonyl (C=O) groups is 1. The van der Waals surface area contributed by atoms with Gasteiger partial charge in [0.1, 0.15) is 0 Å². The molecule has 4 N–H and O–H groups in total. The molecule has 0 radical (unpaired) electrons. The largest absolute Gasteiger partial charge is 0.504 e. The molecule has 0 bridgehead atoms. The molecule has 0 saturated heterocycles. The molecular weight excluding hydrogens is 218 g/mol. The van der Waals surface area contributed by atoms with E-state index in [1.807, 2.05) is 6.92 Å². The summed E-state index contributed by atoms with van der Waals surface area (Å²) in [6.07, 6.45) is 0.627. The lowest BCUT2D eigenvalue weighted by molar-refractivity contribution is -0.124. The molecule has 1 amide bonds. The predicted octanol–water partition coefficient (Wildman–Crippen LogP) is 1.41. The van der Waals surface area contributed by atoms with Crippen LogP contribution in [0.25, 0.3) is 0 Å². The van der Waals surface area contributed by atoms with E-state index in [0.29, 0.717) is 6.42 Å². The highest BCUT2D eigenvalue weighted by Crippen LogP contribution is 2.25. The lowest BCUT2D eigenvalue weighted by Crippen LogP contribution is -2.39. The Balaban J connectivity index is 2.91. The number of aromatic hydroxyl groups is 1. The van der Waals surface area contributed by atoms with Gasteiger partial charge in [0, 0.05) is 12.2 Å². The number of aryl methyl sites for hydroxylation is 1. The number of aromatic nitrogens is 1. The summed E-state index contributed by atoms with van der Waals surface area (Å²) in [5.74, 6) is -0.0848. The first-order valence-corrected chi connectivity index (χ1v) is 5.61. The van der Waals surface area contributed by atoms with Gasteiger partial charge in [-0.25, -0.2) is 4.98 Å². The van der Waals surface area contributed by atoms with Crippen LogP contribution in [0.3, 0.4) is 0 Å². The van der Waals surface area contributed by atoms with Crippen LogP contribution in [0.2, 0.25) is 0 Å². The summed E-state index contributed by atoms with van der Waals surface area (Å²) in [6, 6.07) is 3.18. The summed E-state index contributed by atoms with van der Waals surface area (Å²) >= 11 is 0. The number of hydrogen-bond donors (Lipinski definition) is 3. The van der Waals surface area contributed by atoms with Crippen LogP contribution in [0, 0.1) is 12.3 Å². The van der Waals surface area contributed by atoms with E-state index in [4.69, 9.17) is 5.73 Å². The predicted molar refractivity (Wildman–Crippen MR) is 66.7 cm³/mol. The quantitative estimate of drug-likeness (QED) is 0.738. The third-order valence-corrected chi connectivity index (χ3v) is 3.02. The maximum absolute atomic E-state index is 12.0. The van der Waals surface area contributed by atoms with Gasteiger partial charge in [-0.2, -0.15) is 0 Å². The average Bonchev–Trinajstić information content (AvgIpc) is 2.32. The molecule has 5 heteroatoms. The highest BCUT2D eigenvalue weighted by atomic mass is 16.3. The van der Waals surface area contributed by atoms with E-state index in [1.54, 1.807) is 19.9 Å². The molecule has 0 aromatic carbocycles. The van der Waals surface area contributed by atoms with Gasteiger partial charge in [-0.1, -0.05) is 6.92 Å². The van der Waals surface area contributed by atoms with E-state index in [-0.39, 0.29) is 24.0 Å². The van der Waals surface area contributed by atoms with Crippen LogP contribution >= 0.6 is 0 Å². The van der Waals surface area contributed by atoms with Crippen molar-refractivity contribution in [2.45, 2.75) is 27.2 Å². The third-order valence-electron chi connectivity index (χ3n) is 3.02. The van der Waals surface area contributed by atoms with Crippen LogP contribution in [0.15, 0.2) is 12.1 Å². The normalized spacial score (nSPS) is 14.1. The summed E-state index contributed by atoms with van der Waals surface area (Å²) in [5, 5.41) is 12.2. The number of pyridine rings is 1. The zero-order valence-electron chi connectivity index (χ0n) is 10.4. The Bertz CT molecular complexity index is 414. The van der Waals surface area contributed by atoms with E-state index in [1.165, 1.54) is 6.07 Å². The number of anilines is 1.